The van der Waals surface area contributed by atoms with Gasteiger partial charge in [-0.05, 0) is 126 Å². The van der Waals surface area contributed by atoms with E-state index in [0.717, 1.165) is 99.3 Å². The van der Waals surface area contributed by atoms with Crippen LogP contribution in [0.4, 0.5) is 0 Å². The number of aliphatic carboxylic acids is 2. The number of ether oxygens (including phenoxy) is 2. The Balaban J connectivity index is 0. The van der Waals surface area contributed by atoms with Crippen LogP contribution in [-0.4, -0.2) is 44.3 Å². The fourth-order valence-electron chi connectivity index (χ4n) is 8.20. The monoisotopic (exact) mass is 1110 g/mol. The van der Waals surface area contributed by atoms with Gasteiger partial charge in [0.2, 0.25) is 0 Å². The molecule has 0 spiro atoms. The van der Waals surface area contributed by atoms with E-state index in [1.165, 1.54) is 11.1 Å². The number of rotatable bonds is 20. The van der Waals surface area contributed by atoms with Crippen molar-refractivity contribution in [2.24, 2.45) is 11.8 Å². The summed E-state index contributed by atoms with van der Waals surface area (Å²) in [5.41, 5.74) is 7.51. The third kappa shape index (κ3) is 20.9. The number of aryl methyl sites for hydroxylation is 2. The van der Waals surface area contributed by atoms with Crippen molar-refractivity contribution >= 4 is 33.3 Å². The van der Waals surface area contributed by atoms with Gasteiger partial charge in [-0.1, -0.05) is 87.1 Å². The Bertz CT molecular complexity index is 1810. The minimum absolute atomic E-state index is 0. The molecule has 0 bridgehead atoms. The molecule has 4 rings (SSSR count). The topological polar surface area (TPSA) is 235 Å². The number of esters is 2. The largest absolute Gasteiger partial charge is 0.693 e. The van der Waals surface area contributed by atoms with E-state index in [1.54, 1.807) is 30.9 Å². The molecule has 12 nitrogen and oxygen atoms in total. The summed E-state index contributed by atoms with van der Waals surface area (Å²) < 4.78 is 11.2. The van der Waals surface area contributed by atoms with E-state index in [-0.39, 0.29) is 80.6 Å². The third-order valence-corrected chi connectivity index (χ3v) is 11.5. The minimum atomic E-state index is -1.04. The number of carbonyl (C=O) groups is 4. The van der Waals surface area contributed by atoms with Crippen molar-refractivity contribution in [1.82, 2.24) is 0 Å². The Morgan fingerprint density at radius 2 is 0.985 bits per heavy atom. The molecule has 0 saturated heterocycles. The zero-order chi connectivity index (χ0) is 46.5. The van der Waals surface area contributed by atoms with E-state index in [9.17, 15) is 29.4 Å². The number of carboxylic acid groups (broad SMARTS) is 2. The number of hydrogen-bond acceptors (Lipinski definition) is 8. The molecule has 0 radical (unpaired) electrons. The molecular weight excluding hydrogens is 1030 g/mol. The summed E-state index contributed by atoms with van der Waals surface area (Å²) in [6.45, 7) is 20.6. The number of hydrogen-bond donors (Lipinski definition) is 4. The van der Waals surface area contributed by atoms with Crippen LogP contribution >= 0.6 is 9.42 Å². The quantitative estimate of drug-likeness (QED) is 0.0322. The number of phenols is 2. The van der Waals surface area contributed by atoms with Crippen molar-refractivity contribution in [3.05, 3.63) is 114 Å². The van der Waals surface area contributed by atoms with E-state index in [0.29, 0.717) is 22.6 Å². The molecule has 2 aromatic carbocycles. The first-order valence-electron chi connectivity index (χ1n) is 21.8. The van der Waals surface area contributed by atoms with Crippen molar-refractivity contribution in [3.8, 4) is 23.0 Å². The Kier molecular flexibility index (Phi) is 31.4. The minimum Gasteiger partial charge on any atom is -0.693 e. The maximum Gasteiger partial charge on any atom is -0.693 e. The first-order valence-corrected chi connectivity index (χ1v) is 24.6. The molecule has 8 N–H and O–H groups in total. The zero-order valence-corrected chi connectivity index (χ0v) is 42.6. The molecule has 4 atom stereocenters. The van der Waals surface area contributed by atoms with Crippen molar-refractivity contribution in [1.29, 1.82) is 0 Å². The molecule has 0 amide bonds. The number of allylic oxidation sites excluding steroid dienone is 6. The first-order chi connectivity index (χ1) is 29.4. The summed E-state index contributed by atoms with van der Waals surface area (Å²) in [6.07, 6.45) is 14.9. The molecule has 0 aromatic heterocycles. The molecule has 0 saturated carbocycles. The number of nitrogens with two attached hydrogens (primary N) is 2. The molecule has 14 heteroatoms. The Labute approximate surface area is 404 Å². The predicted molar refractivity (Wildman–Crippen MR) is 259 cm³/mol. The summed E-state index contributed by atoms with van der Waals surface area (Å²) >= 11 is 1.61. The fraction of sp³-hybridized carbons (Fsp3) is 0.510. The number of carboxylic acids is 2. The standard InChI is InChI=1S/2C25H34O5.CH3.ClH.2H2N.Pt/c2*1-5-6-7-8-18-14-21(26)25(20-13-17(4)9-10-19(20)16(2)3)22(15-18)30-24(29)12-11-23(27)28;;;;;/h2*13-15,19-20,26H,2,5-12H2,1,3-4H3,(H,27,28);1H3;1H;2*1H2;/q;;-1;;2*-1;+1/p-1. The summed E-state index contributed by atoms with van der Waals surface area (Å²) in [7, 11) is 4.61. The van der Waals surface area contributed by atoms with Crippen LogP contribution in [0.3, 0.4) is 0 Å². The molecule has 65 heavy (non-hydrogen) atoms. The van der Waals surface area contributed by atoms with Gasteiger partial charge in [-0.2, -0.15) is 0 Å². The molecule has 2 aliphatic rings. The summed E-state index contributed by atoms with van der Waals surface area (Å²) in [5, 5.41) is 39.6. The fourth-order valence-corrected chi connectivity index (χ4v) is 8.20. The second-order valence-electron chi connectivity index (χ2n) is 16.8. The maximum absolute atomic E-state index is 12.3. The molecule has 2 aromatic rings. The molecule has 369 valence electrons. The van der Waals surface area contributed by atoms with Crippen LogP contribution in [0.5, 0.6) is 23.0 Å². The molecule has 2 aliphatic carbocycles. The summed E-state index contributed by atoms with van der Waals surface area (Å²) in [6, 6.07) is 7.20. The van der Waals surface area contributed by atoms with Gasteiger partial charge in [0.25, 0.3) is 0 Å². The van der Waals surface area contributed by atoms with E-state index < -0.39 is 23.9 Å². The Hall–Kier alpha value is -4.22. The van der Waals surface area contributed by atoms with Crippen LogP contribution in [0, 0.1) is 19.3 Å². The number of unbranched alkanes of at least 4 members (excludes halogenated alkanes) is 4. The number of aromatic hydroxyl groups is 2. The Morgan fingerprint density at radius 3 is 1.28 bits per heavy atom. The molecule has 0 heterocycles. The van der Waals surface area contributed by atoms with Crippen LogP contribution in [-0.2, 0) is 50.8 Å². The van der Waals surface area contributed by atoms with Gasteiger partial charge >= 0.3 is 52.1 Å². The molecule has 4 unspecified atom stereocenters. The Morgan fingerprint density at radius 1 is 0.646 bits per heavy atom. The second-order valence-corrected chi connectivity index (χ2v) is 16.8. The summed E-state index contributed by atoms with van der Waals surface area (Å²) in [4.78, 5) is 46.3. The van der Waals surface area contributed by atoms with Gasteiger partial charge in [-0.25, -0.2) is 0 Å². The predicted octanol–water partition coefficient (Wildman–Crippen LogP) is 14.4. The zero-order valence-electron chi connectivity index (χ0n) is 39.6. The van der Waals surface area contributed by atoms with Crippen molar-refractivity contribution in [2.75, 3.05) is 0 Å². The van der Waals surface area contributed by atoms with Gasteiger partial charge in [0.15, 0.2) is 0 Å². The number of phenolic OH excluding ortho intramolecular Hbond substituents is 2. The number of halogens is 1. The van der Waals surface area contributed by atoms with Crippen LogP contribution in [0.1, 0.15) is 166 Å². The van der Waals surface area contributed by atoms with Crippen molar-refractivity contribution in [2.45, 2.75) is 156 Å². The first kappa shape index (κ1) is 62.9. The van der Waals surface area contributed by atoms with Crippen LogP contribution < -0.4 is 9.47 Å². The van der Waals surface area contributed by atoms with Crippen molar-refractivity contribution in [3.63, 3.8) is 0 Å². The van der Waals surface area contributed by atoms with Gasteiger partial charge in [-0.15, -0.1) is 0 Å². The van der Waals surface area contributed by atoms with Gasteiger partial charge < -0.3 is 49.6 Å². The molecule has 0 aliphatic heterocycles. The van der Waals surface area contributed by atoms with Crippen LogP contribution in [0.15, 0.2) is 71.9 Å². The second kappa shape index (κ2) is 32.4. The SMILES string of the molecule is C=C(C)C1CCC(C)=CC1c1c(O)cc(CCCCC)cc1OC(=O)CCC(=O)O.C=C(C)C1CCC(C)=CC1c1c(O)cc(CCCCC)cc1OC(=O)CCC(=O)O.[CH3-].[Cl][Pt].[NH2-].[NH2-]. The number of carbonyl (C=O) groups excluding carboxylic acids is 2. The molecule has 0 fully saturated rings. The maximum atomic E-state index is 12.3. The van der Waals surface area contributed by atoms with Crippen molar-refractivity contribution < 1.29 is 67.9 Å². The van der Waals surface area contributed by atoms with E-state index >= 15 is 0 Å². The van der Waals surface area contributed by atoms with E-state index in [1.807, 2.05) is 26.0 Å². The van der Waals surface area contributed by atoms with Crippen LogP contribution in [0.25, 0.3) is 12.3 Å². The van der Waals surface area contributed by atoms with E-state index in [4.69, 9.17) is 19.7 Å². The normalized spacial score (nSPS) is 17.2. The van der Waals surface area contributed by atoms with E-state index in [2.05, 4.69) is 62.4 Å². The average Bonchev–Trinajstić information content (AvgIpc) is 3.20. The molecular formula is C51H75ClN2O10Pt-3. The third-order valence-electron chi connectivity index (χ3n) is 11.5. The number of benzene rings is 2. The van der Waals surface area contributed by atoms with Gasteiger partial charge in [0, 0.05) is 23.0 Å². The van der Waals surface area contributed by atoms with Gasteiger partial charge in [0.05, 0.1) is 25.7 Å². The summed E-state index contributed by atoms with van der Waals surface area (Å²) in [5.74, 6) is -2.39. The van der Waals surface area contributed by atoms with Gasteiger partial charge in [0.1, 0.15) is 23.0 Å². The van der Waals surface area contributed by atoms with Crippen LogP contribution in [0.2, 0.25) is 0 Å². The van der Waals surface area contributed by atoms with Gasteiger partial charge in [-0.3, -0.25) is 19.2 Å². The smallest absolute Gasteiger partial charge is 0.693 e. The average molecular weight is 1110 g/mol.